The largest absolute Gasteiger partial charge is 0.329 e. The Bertz CT molecular complexity index is 218. The minimum absolute atomic E-state index is 0.200. The van der Waals surface area contributed by atoms with Gasteiger partial charge in [-0.3, -0.25) is 0 Å². The maximum absolute atomic E-state index is 5.97. The van der Waals surface area contributed by atoms with Gasteiger partial charge in [0.1, 0.15) is 0 Å². The van der Waals surface area contributed by atoms with E-state index in [0.717, 1.165) is 19.5 Å². The maximum Gasteiger partial charge on any atom is 0.0328 e. The minimum atomic E-state index is 0.200. The number of likely N-dealkylation sites (tertiary alicyclic amines) is 1. The molecule has 0 unspecified atom stereocenters. The van der Waals surface area contributed by atoms with Crippen LogP contribution in [0.25, 0.3) is 0 Å². The van der Waals surface area contributed by atoms with Crippen molar-refractivity contribution in [2.75, 3.05) is 32.7 Å². The predicted molar refractivity (Wildman–Crippen MR) is 75.2 cm³/mol. The van der Waals surface area contributed by atoms with Gasteiger partial charge < -0.3 is 16.0 Å². The average Bonchev–Trinajstić information content (AvgIpc) is 2.37. The van der Waals surface area contributed by atoms with E-state index in [4.69, 9.17) is 5.73 Å². The van der Waals surface area contributed by atoms with E-state index in [1.807, 2.05) is 0 Å². The number of rotatable bonds is 7. The molecular formula is C14H29N3. The fourth-order valence-corrected chi connectivity index (χ4v) is 2.56. The van der Waals surface area contributed by atoms with Gasteiger partial charge in [0.15, 0.2) is 0 Å². The van der Waals surface area contributed by atoms with E-state index in [-0.39, 0.29) is 5.54 Å². The lowest BCUT2D eigenvalue weighted by Crippen LogP contribution is -2.57. The van der Waals surface area contributed by atoms with E-state index in [9.17, 15) is 0 Å². The first kappa shape index (κ1) is 14.7. The third kappa shape index (κ3) is 4.78. The Labute approximate surface area is 106 Å². The summed E-state index contributed by atoms with van der Waals surface area (Å²) < 4.78 is 0. The van der Waals surface area contributed by atoms with E-state index < -0.39 is 0 Å². The molecule has 17 heavy (non-hydrogen) atoms. The highest BCUT2D eigenvalue weighted by molar-refractivity contribution is 4.94. The van der Waals surface area contributed by atoms with Crippen molar-refractivity contribution in [3.05, 3.63) is 12.2 Å². The lowest BCUT2D eigenvalue weighted by Gasteiger charge is -2.42. The number of nitrogens with two attached hydrogens (primary N) is 1. The molecule has 1 heterocycles. The summed E-state index contributed by atoms with van der Waals surface area (Å²) in [5.41, 5.74) is 6.17. The summed E-state index contributed by atoms with van der Waals surface area (Å²) in [6.45, 7) is 9.77. The van der Waals surface area contributed by atoms with Gasteiger partial charge in [0, 0.05) is 12.1 Å². The SMILES string of the molecule is C/C=C/CCNC1(CN)CCN(CCC)CC1. The molecule has 0 aromatic heterocycles. The molecule has 0 bridgehead atoms. The van der Waals surface area contributed by atoms with Crippen LogP contribution in [0.3, 0.4) is 0 Å². The summed E-state index contributed by atoms with van der Waals surface area (Å²) in [5, 5.41) is 3.68. The summed E-state index contributed by atoms with van der Waals surface area (Å²) in [4.78, 5) is 2.56. The summed E-state index contributed by atoms with van der Waals surface area (Å²) >= 11 is 0. The van der Waals surface area contributed by atoms with Gasteiger partial charge in [0.2, 0.25) is 0 Å². The van der Waals surface area contributed by atoms with E-state index in [2.05, 4.69) is 36.2 Å². The first-order valence-corrected chi connectivity index (χ1v) is 7.05. The quantitative estimate of drug-likeness (QED) is 0.525. The number of hydrogen-bond acceptors (Lipinski definition) is 3. The predicted octanol–water partition coefficient (Wildman–Crippen LogP) is 1.75. The van der Waals surface area contributed by atoms with Crippen LogP contribution in [0, 0.1) is 0 Å². The molecule has 0 aliphatic carbocycles. The van der Waals surface area contributed by atoms with Gasteiger partial charge in [-0.2, -0.15) is 0 Å². The van der Waals surface area contributed by atoms with Crippen molar-refractivity contribution in [1.29, 1.82) is 0 Å². The van der Waals surface area contributed by atoms with Crippen molar-refractivity contribution >= 4 is 0 Å². The summed E-state index contributed by atoms with van der Waals surface area (Å²) in [6, 6.07) is 0. The fourth-order valence-electron chi connectivity index (χ4n) is 2.56. The molecule has 0 atom stereocenters. The van der Waals surface area contributed by atoms with Gasteiger partial charge in [-0.15, -0.1) is 0 Å². The third-order valence-electron chi connectivity index (χ3n) is 3.79. The molecule has 0 aromatic rings. The topological polar surface area (TPSA) is 41.3 Å². The molecule has 1 aliphatic heterocycles. The van der Waals surface area contributed by atoms with Crippen LogP contribution in [0.5, 0.6) is 0 Å². The molecule has 3 heteroatoms. The smallest absolute Gasteiger partial charge is 0.0328 e. The van der Waals surface area contributed by atoms with Gasteiger partial charge in [0.05, 0.1) is 0 Å². The molecule has 1 aliphatic rings. The molecule has 1 rings (SSSR count). The third-order valence-corrected chi connectivity index (χ3v) is 3.79. The highest BCUT2D eigenvalue weighted by atomic mass is 15.2. The fraction of sp³-hybridized carbons (Fsp3) is 0.857. The second kappa shape index (κ2) is 7.85. The Morgan fingerprint density at radius 3 is 2.59 bits per heavy atom. The highest BCUT2D eigenvalue weighted by Gasteiger charge is 2.32. The zero-order chi connectivity index (χ0) is 12.6. The Morgan fingerprint density at radius 1 is 1.35 bits per heavy atom. The molecule has 0 radical (unpaired) electrons. The molecule has 1 saturated heterocycles. The number of nitrogens with zero attached hydrogens (tertiary/aromatic N) is 1. The highest BCUT2D eigenvalue weighted by Crippen LogP contribution is 2.21. The lowest BCUT2D eigenvalue weighted by atomic mass is 9.87. The molecule has 1 fully saturated rings. The van der Waals surface area contributed by atoms with E-state index in [1.165, 1.54) is 38.9 Å². The van der Waals surface area contributed by atoms with Crippen LogP contribution in [0.4, 0.5) is 0 Å². The number of piperidine rings is 1. The second-order valence-electron chi connectivity index (χ2n) is 5.11. The standard InChI is InChI=1S/C14H29N3/c1-3-5-6-9-16-14(13-15)7-11-17(10-4-2)12-8-14/h3,5,16H,4,6-13,15H2,1-2H3/b5-3+. The van der Waals surface area contributed by atoms with E-state index in [1.54, 1.807) is 0 Å². The zero-order valence-corrected chi connectivity index (χ0v) is 11.5. The van der Waals surface area contributed by atoms with Crippen molar-refractivity contribution in [1.82, 2.24) is 10.2 Å². The average molecular weight is 239 g/mol. The normalized spacial score (nSPS) is 21.1. The van der Waals surface area contributed by atoms with E-state index >= 15 is 0 Å². The van der Waals surface area contributed by atoms with Crippen LogP contribution in [0.2, 0.25) is 0 Å². The Morgan fingerprint density at radius 2 is 2.06 bits per heavy atom. The monoisotopic (exact) mass is 239 g/mol. The Kier molecular flexibility index (Phi) is 6.78. The zero-order valence-electron chi connectivity index (χ0n) is 11.5. The molecule has 3 N–H and O–H groups in total. The molecule has 0 aromatic carbocycles. The Balaban J connectivity index is 2.32. The molecular weight excluding hydrogens is 210 g/mol. The summed E-state index contributed by atoms with van der Waals surface area (Å²) in [5.74, 6) is 0. The number of allylic oxidation sites excluding steroid dienone is 1. The second-order valence-corrected chi connectivity index (χ2v) is 5.11. The lowest BCUT2D eigenvalue weighted by molar-refractivity contribution is 0.140. The maximum atomic E-state index is 5.97. The Hall–Kier alpha value is -0.380. The van der Waals surface area contributed by atoms with Crippen molar-refractivity contribution in [2.45, 2.75) is 45.1 Å². The molecule has 0 spiro atoms. The first-order valence-electron chi connectivity index (χ1n) is 7.05. The van der Waals surface area contributed by atoms with Gasteiger partial charge in [-0.1, -0.05) is 19.1 Å². The van der Waals surface area contributed by atoms with Crippen LogP contribution in [0.1, 0.15) is 39.5 Å². The van der Waals surface area contributed by atoms with Crippen LogP contribution < -0.4 is 11.1 Å². The van der Waals surface area contributed by atoms with Gasteiger partial charge >= 0.3 is 0 Å². The van der Waals surface area contributed by atoms with Crippen molar-refractivity contribution < 1.29 is 0 Å². The van der Waals surface area contributed by atoms with Crippen LogP contribution in [-0.2, 0) is 0 Å². The van der Waals surface area contributed by atoms with Crippen molar-refractivity contribution in [3.63, 3.8) is 0 Å². The van der Waals surface area contributed by atoms with Gasteiger partial charge in [0.25, 0.3) is 0 Å². The van der Waals surface area contributed by atoms with E-state index in [0.29, 0.717) is 0 Å². The van der Waals surface area contributed by atoms with Crippen molar-refractivity contribution in [2.24, 2.45) is 5.73 Å². The van der Waals surface area contributed by atoms with Gasteiger partial charge in [-0.25, -0.2) is 0 Å². The first-order chi connectivity index (χ1) is 8.26. The van der Waals surface area contributed by atoms with Crippen molar-refractivity contribution in [3.8, 4) is 0 Å². The summed E-state index contributed by atoms with van der Waals surface area (Å²) in [7, 11) is 0. The molecule has 0 amide bonds. The molecule has 0 saturated carbocycles. The molecule has 100 valence electrons. The van der Waals surface area contributed by atoms with Crippen LogP contribution >= 0.6 is 0 Å². The number of nitrogens with one attached hydrogen (secondary N) is 1. The van der Waals surface area contributed by atoms with Crippen LogP contribution in [-0.4, -0.2) is 43.2 Å². The number of hydrogen-bond donors (Lipinski definition) is 2. The minimum Gasteiger partial charge on any atom is -0.329 e. The van der Waals surface area contributed by atoms with Crippen LogP contribution in [0.15, 0.2) is 12.2 Å². The molecule has 3 nitrogen and oxygen atoms in total. The summed E-state index contributed by atoms with van der Waals surface area (Å²) in [6.07, 6.45) is 9.07. The van der Waals surface area contributed by atoms with Gasteiger partial charge in [-0.05, 0) is 58.8 Å².